The van der Waals surface area contributed by atoms with Gasteiger partial charge in [-0.1, -0.05) is 13.3 Å². The summed E-state index contributed by atoms with van der Waals surface area (Å²) in [7, 11) is 4.45. The zero-order chi connectivity index (χ0) is 18.4. The lowest BCUT2D eigenvalue weighted by Gasteiger charge is -2.51. The topological polar surface area (TPSA) is 71.1 Å². The Hall–Kier alpha value is -1.66. The summed E-state index contributed by atoms with van der Waals surface area (Å²) in [5.74, 6) is -0.603. The minimum atomic E-state index is -0.638. The quantitative estimate of drug-likeness (QED) is 0.440. The van der Waals surface area contributed by atoms with Crippen LogP contribution in [-0.4, -0.2) is 45.7 Å². The average Bonchev–Trinajstić information content (AvgIpc) is 2.84. The van der Waals surface area contributed by atoms with Gasteiger partial charge in [0, 0.05) is 37.2 Å². The molecular formula is C19H26O6. The molecule has 0 N–H and O–H groups in total. The molecule has 1 saturated heterocycles. The van der Waals surface area contributed by atoms with Crippen molar-refractivity contribution in [3.8, 4) is 0 Å². The minimum absolute atomic E-state index is 0.0183. The summed E-state index contributed by atoms with van der Waals surface area (Å²) in [6.07, 6.45) is 4.98. The van der Waals surface area contributed by atoms with E-state index in [1.165, 1.54) is 13.2 Å². The molecule has 6 heteroatoms. The highest BCUT2D eigenvalue weighted by Crippen LogP contribution is 2.63. The number of hydrogen-bond acceptors (Lipinski definition) is 6. The molecule has 4 atom stereocenters. The van der Waals surface area contributed by atoms with Gasteiger partial charge in [0.25, 0.3) is 0 Å². The Bertz CT molecular complexity index is 646. The number of ether oxygens (including phenoxy) is 4. The Labute approximate surface area is 148 Å². The van der Waals surface area contributed by atoms with Gasteiger partial charge in [0.05, 0.1) is 12.5 Å². The van der Waals surface area contributed by atoms with E-state index in [2.05, 4.69) is 6.92 Å². The fourth-order valence-electron chi connectivity index (χ4n) is 5.13. The number of methoxy groups -OCH3 is 3. The van der Waals surface area contributed by atoms with Gasteiger partial charge >= 0.3 is 11.9 Å². The largest absolute Gasteiger partial charge is 0.466 e. The van der Waals surface area contributed by atoms with Crippen molar-refractivity contribution in [1.82, 2.24) is 0 Å². The molecule has 0 aromatic rings. The molecule has 1 heterocycles. The third kappa shape index (κ3) is 2.54. The second kappa shape index (κ2) is 6.25. The highest BCUT2D eigenvalue weighted by Gasteiger charge is 2.65. The fraction of sp³-hybridized carbons (Fsp3) is 0.684. The number of carbonyl (C=O) groups excluding carboxylic acids is 2. The number of rotatable bonds is 4. The smallest absolute Gasteiger partial charge is 0.330 e. The second-order valence-electron chi connectivity index (χ2n) is 7.54. The maximum absolute atomic E-state index is 12.6. The molecule has 0 aromatic heterocycles. The number of esters is 2. The molecule has 138 valence electrons. The van der Waals surface area contributed by atoms with Crippen LogP contribution in [0, 0.1) is 16.7 Å². The van der Waals surface area contributed by atoms with Gasteiger partial charge in [-0.15, -0.1) is 0 Å². The van der Waals surface area contributed by atoms with Gasteiger partial charge in [-0.25, -0.2) is 4.79 Å². The molecule has 0 radical (unpaired) electrons. The van der Waals surface area contributed by atoms with Crippen LogP contribution in [0.3, 0.4) is 0 Å². The number of carbonyl (C=O) groups is 2. The molecule has 0 unspecified atom stereocenters. The molecule has 1 aliphatic heterocycles. The van der Waals surface area contributed by atoms with Crippen molar-refractivity contribution in [2.24, 2.45) is 16.7 Å². The van der Waals surface area contributed by atoms with Gasteiger partial charge in [-0.2, -0.15) is 0 Å². The lowest BCUT2D eigenvalue weighted by atomic mass is 9.50. The molecule has 3 aliphatic rings. The van der Waals surface area contributed by atoms with Gasteiger partial charge in [-0.3, -0.25) is 4.79 Å². The van der Waals surface area contributed by atoms with Gasteiger partial charge in [0.15, 0.2) is 6.29 Å². The first-order chi connectivity index (χ1) is 11.8. The predicted octanol–water partition coefficient (Wildman–Crippen LogP) is 2.38. The van der Waals surface area contributed by atoms with Crippen molar-refractivity contribution in [2.75, 3.05) is 21.3 Å². The van der Waals surface area contributed by atoms with Crippen molar-refractivity contribution >= 4 is 11.9 Å². The summed E-state index contributed by atoms with van der Waals surface area (Å²) < 4.78 is 21.5. The maximum atomic E-state index is 12.6. The van der Waals surface area contributed by atoms with E-state index >= 15 is 0 Å². The highest BCUT2D eigenvalue weighted by molar-refractivity contribution is 5.85. The Morgan fingerprint density at radius 2 is 1.88 bits per heavy atom. The summed E-state index contributed by atoms with van der Waals surface area (Å²) in [5, 5.41) is 0. The van der Waals surface area contributed by atoms with E-state index in [9.17, 15) is 9.59 Å². The molecular weight excluding hydrogens is 324 g/mol. The second-order valence-corrected chi connectivity index (χ2v) is 7.54. The molecule has 0 bridgehead atoms. The van der Waals surface area contributed by atoms with E-state index in [0.29, 0.717) is 0 Å². The molecule has 3 rings (SSSR count). The lowest BCUT2D eigenvalue weighted by molar-refractivity contribution is -0.148. The van der Waals surface area contributed by atoms with E-state index in [1.807, 2.05) is 13.0 Å². The van der Waals surface area contributed by atoms with Crippen molar-refractivity contribution in [2.45, 2.75) is 45.5 Å². The van der Waals surface area contributed by atoms with Gasteiger partial charge in [0.2, 0.25) is 0 Å². The Balaban J connectivity index is 2.20. The molecule has 1 saturated carbocycles. The van der Waals surface area contributed by atoms with Crippen LogP contribution in [0.1, 0.15) is 33.1 Å². The average molecular weight is 350 g/mol. The van der Waals surface area contributed by atoms with Crippen molar-refractivity contribution in [1.29, 1.82) is 0 Å². The van der Waals surface area contributed by atoms with E-state index in [-0.39, 0.29) is 18.0 Å². The molecule has 2 aliphatic carbocycles. The first-order valence-corrected chi connectivity index (χ1v) is 8.60. The summed E-state index contributed by atoms with van der Waals surface area (Å²) >= 11 is 0. The van der Waals surface area contributed by atoms with Crippen LogP contribution < -0.4 is 0 Å². The summed E-state index contributed by atoms with van der Waals surface area (Å²) in [5.41, 5.74) is 0.624. The third-order valence-electron chi connectivity index (χ3n) is 6.22. The maximum Gasteiger partial charge on any atom is 0.330 e. The van der Waals surface area contributed by atoms with Crippen LogP contribution in [0.15, 0.2) is 23.3 Å². The van der Waals surface area contributed by atoms with Gasteiger partial charge in [-0.05, 0) is 31.4 Å². The normalized spacial score (nSPS) is 38.4. The molecule has 0 aromatic carbocycles. The first-order valence-electron chi connectivity index (χ1n) is 8.60. The van der Waals surface area contributed by atoms with Crippen LogP contribution in [-0.2, 0) is 28.5 Å². The minimum Gasteiger partial charge on any atom is -0.466 e. The summed E-state index contributed by atoms with van der Waals surface area (Å²) in [6, 6.07) is 0. The molecule has 0 amide bonds. The van der Waals surface area contributed by atoms with E-state index in [4.69, 9.17) is 18.9 Å². The van der Waals surface area contributed by atoms with Crippen molar-refractivity contribution < 1.29 is 28.5 Å². The van der Waals surface area contributed by atoms with Crippen molar-refractivity contribution in [3.63, 3.8) is 0 Å². The highest BCUT2D eigenvalue weighted by atomic mass is 16.7. The van der Waals surface area contributed by atoms with Crippen LogP contribution in [0.4, 0.5) is 0 Å². The monoisotopic (exact) mass is 350 g/mol. The van der Waals surface area contributed by atoms with E-state index in [1.54, 1.807) is 14.2 Å². The van der Waals surface area contributed by atoms with Crippen LogP contribution in [0.2, 0.25) is 0 Å². The predicted molar refractivity (Wildman–Crippen MR) is 89.4 cm³/mol. The summed E-state index contributed by atoms with van der Waals surface area (Å²) in [6.45, 7) is 4.09. The fourth-order valence-corrected chi connectivity index (χ4v) is 5.13. The Morgan fingerprint density at radius 1 is 1.24 bits per heavy atom. The summed E-state index contributed by atoms with van der Waals surface area (Å²) in [4.78, 5) is 24.6. The van der Waals surface area contributed by atoms with Gasteiger partial charge in [0.1, 0.15) is 6.10 Å². The first kappa shape index (κ1) is 18.1. The number of hydrogen-bond donors (Lipinski definition) is 0. The molecule has 6 nitrogen and oxygen atoms in total. The molecule has 2 fully saturated rings. The van der Waals surface area contributed by atoms with E-state index in [0.717, 1.165) is 30.4 Å². The zero-order valence-electron chi connectivity index (χ0n) is 15.5. The van der Waals surface area contributed by atoms with Gasteiger partial charge < -0.3 is 18.9 Å². The lowest BCUT2D eigenvalue weighted by Crippen LogP contribution is -2.50. The van der Waals surface area contributed by atoms with Crippen molar-refractivity contribution in [3.05, 3.63) is 23.3 Å². The standard InChI is InChI=1S/C19H26O6/c1-18-7-6-8-19(2)15(18)13(25-17(19)21)9-11(16(23-4)24-5)12(18)10-14(20)22-3/h9-10,13,15-16H,6-8H2,1-5H3/b12-10+/t13-,15-,18-,19+/m1/s1. The molecule has 25 heavy (non-hydrogen) atoms. The van der Waals surface area contributed by atoms with Crippen LogP contribution in [0.5, 0.6) is 0 Å². The van der Waals surface area contributed by atoms with Crippen LogP contribution in [0.25, 0.3) is 0 Å². The third-order valence-corrected chi connectivity index (χ3v) is 6.22. The zero-order valence-corrected chi connectivity index (χ0v) is 15.5. The Morgan fingerprint density at radius 3 is 2.48 bits per heavy atom. The molecule has 0 spiro atoms. The van der Waals surface area contributed by atoms with E-state index < -0.39 is 23.1 Å². The van der Waals surface area contributed by atoms with Crippen LogP contribution >= 0.6 is 0 Å². The SMILES string of the molecule is COC(=O)/C=C1\C(C(OC)OC)=C[C@H]2OC(=O)[C@@]3(C)CCC[C@@]1(C)[C@@H]23. The Kier molecular flexibility index (Phi) is 4.54.